The fourth-order valence-corrected chi connectivity index (χ4v) is 3.17. The van der Waals surface area contributed by atoms with Crippen LogP contribution in [0.5, 0.6) is 0 Å². The molecule has 0 aliphatic carbocycles. The van der Waals surface area contributed by atoms with E-state index in [0.29, 0.717) is 23.8 Å². The Hall–Kier alpha value is -2.31. The van der Waals surface area contributed by atoms with Gasteiger partial charge in [0.25, 0.3) is 0 Å². The fraction of sp³-hybridized carbons (Fsp3) is 0.176. The lowest BCUT2D eigenvalue weighted by atomic mass is 10.3. The average Bonchev–Trinajstić information content (AvgIpc) is 3.17. The Labute approximate surface area is 149 Å². The molecule has 2 heterocycles. The number of hydrogen-bond donors (Lipinski definition) is 2. The van der Waals surface area contributed by atoms with E-state index < -0.39 is 0 Å². The first-order chi connectivity index (χ1) is 11.6. The van der Waals surface area contributed by atoms with Crippen LogP contribution in [0, 0.1) is 6.92 Å². The molecule has 0 bridgehead atoms. The van der Waals surface area contributed by atoms with Crippen LogP contribution in [0.1, 0.15) is 5.69 Å². The van der Waals surface area contributed by atoms with Gasteiger partial charge in [-0.25, -0.2) is 4.79 Å². The van der Waals surface area contributed by atoms with Gasteiger partial charge in [-0.05, 0) is 42.6 Å². The maximum atomic E-state index is 11.9. The van der Waals surface area contributed by atoms with Gasteiger partial charge in [0.2, 0.25) is 0 Å². The lowest BCUT2D eigenvalue weighted by Gasteiger charge is -2.09. The maximum Gasteiger partial charge on any atom is 0.319 e. The maximum absolute atomic E-state index is 11.9. The van der Waals surface area contributed by atoms with Gasteiger partial charge in [-0.15, -0.1) is 11.3 Å². The summed E-state index contributed by atoms with van der Waals surface area (Å²) in [6, 6.07) is 12.9. The Bertz CT molecular complexity index is 829. The smallest absolute Gasteiger partial charge is 0.319 e. The number of carbonyl (C=O) groups is 1. The minimum absolute atomic E-state index is 0.263. The average molecular weight is 361 g/mol. The molecule has 0 saturated carbocycles. The highest BCUT2D eigenvalue weighted by atomic mass is 35.5. The molecule has 0 spiro atoms. The van der Waals surface area contributed by atoms with Crippen LogP contribution in [0.2, 0.25) is 5.02 Å². The quantitative estimate of drug-likeness (QED) is 0.708. The summed E-state index contributed by atoms with van der Waals surface area (Å²) in [6.07, 6.45) is 0. The molecule has 0 aliphatic rings. The SMILES string of the molecule is Cc1cc(-c2cccs2)nn1CCNC(=O)Nc1cccc(Cl)c1. The first-order valence-electron chi connectivity index (χ1n) is 7.50. The van der Waals surface area contributed by atoms with Crippen molar-refractivity contribution in [3.63, 3.8) is 0 Å². The lowest BCUT2D eigenvalue weighted by molar-refractivity contribution is 0.251. The standard InChI is InChI=1S/C17H17ClN4OS/c1-12-10-15(16-6-3-9-24-16)21-22(12)8-7-19-17(23)20-14-5-2-4-13(18)11-14/h2-6,9-11H,7-8H2,1H3,(H2,19,20,23). The van der Waals surface area contributed by atoms with Gasteiger partial charge < -0.3 is 10.6 Å². The van der Waals surface area contributed by atoms with Crippen molar-refractivity contribution in [3.05, 3.63) is 58.6 Å². The molecule has 3 rings (SSSR count). The third-order valence-electron chi connectivity index (χ3n) is 3.45. The van der Waals surface area contributed by atoms with Crippen LogP contribution in [0.3, 0.4) is 0 Å². The van der Waals surface area contributed by atoms with Crippen molar-refractivity contribution in [2.75, 3.05) is 11.9 Å². The summed E-state index contributed by atoms with van der Waals surface area (Å²) in [5.74, 6) is 0. The molecule has 0 fully saturated rings. The predicted molar refractivity (Wildman–Crippen MR) is 98.8 cm³/mol. The van der Waals surface area contributed by atoms with Crippen LogP contribution in [-0.2, 0) is 6.54 Å². The second kappa shape index (κ2) is 7.51. The van der Waals surface area contributed by atoms with Crippen molar-refractivity contribution in [1.82, 2.24) is 15.1 Å². The number of aromatic nitrogens is 2. The van der Waals surface area contributed by atoms with Crippen LogP contribution in [0.4, 0.5) is 10.5 Å². The summed E-state index contributed by atoms with van der Waals surface area (Å²) in [6.45, 7) is 3.11. The molecule has 2 N–H and O–H groups in total. The molecule has 124 valence electrons. The minimum atomic E-state index is -0.263. The van der Waals surface area contributed by atoms with Gasteiger partial charge >= 0.3 is 6.03 Å². The summed E-state index contributed by atoms with van der Waals surface area (Å²) in [4.78, 5) is 13.0. The van der Waals surface area contributed by atoms with Crippen molar-refractivity contribution >= 4 is 34.7 Å². The zero-order chi connectivity index (χ0) is 16.9. The highest BCUT2D eigenvalue weighted by Gasteiger charge is 2.08. The number of carbonyl (C=O) groups excluding carboxylic acids is 1. The molecule has 3 aromatic rings. The van der Waals surface area contributed by atoms with Gasteiger partial charge in [-0.1, -0.05) is 23.7 Å². The third kappa shape index (κ3) is 4.15. The normalized spacial score (nSPS) is 10.6. The summed E-state index contributed by atoms with van der Waals surface area (Å²) in [5, 5.41) is 12.8. The number of nitrogens with one attached hydrogen (secondary N) is 2. The molecule has 5 nitrogen and oxygen atoms in total. The van der Waals surface area contributed by atoms with Gasteiger partial charge in [-0.2, -0.15) is 5.10 Å². The number of anilines is 1. The minimum Gasteiger partial charge on any atom is -0.336 e. The number of aryl methyl sites for hydroxylation is 1. The number of amides is 2. The summed E-state index contributed by atoms with van der Waals surface area (Å²) >= 11 is 7.56. The van der Waals surface area contributed by atoms with E-state index in [-0.39, 0.29) is 6.03 Å². The van der Waals surface area contributed by atoms with Crippen LogP contribution in [-0.4, -0.2) is 22.4 Å². The first-order valence-corrected chi connectivity index (χ1v) is 8.76. The van der Waals surface area contributed by atoms with Crippen molar-refractivity contribution in [2.45, 2.75) is 13.5 Å². The number of rotatable bonds is 5. The summed E-state index contributed by atoms with van der Waals surface area (Å²) in [7, 11) is 0. The number of hydrogen-bond acceptors (Lipinski definition) is 3. The van der Waals surface area contributed by atoms with E-state index in [0.717, 1.165) is 16.3 Å². The third-order valence-corrected chi connectivity index (χ3v) is 4.57. The Morgan fingerprint density at radius 2 is 2.17 bits per heavy atom. The molecule has 24 heavy (non-hydrogen) atoms. The molecular weight excluding hydrogens is 344 g/mol. The van der Waals surface area contributed by atoms with Crippen molar-refractivity contribution in [2.24, 2.45) is 0 Å². The van der Waals surface area contributed by atoms with Crippen LogP contribution in [0.15, 0.2) is 47.8 Å². The van der Waals surface area contributed by atoms with Crippen molar-refractivity contribution in [3.8, 4) is 10.6 Å². The van der Waals surface area contributed by atoms with E-state index in [9.17, 15) is 4.79 Å². The molecular formula is C17H17ClN4OS. The Morgan fingerprint density at radius 3 is 2.92 bits per heavy atom. The van der Waals surface area contributed by atoms with E-state index in [4.69, 9.17) is 11.6 Å². The number of benzene rings is 1. The van der Waals surface area contributed by atoms with Gasteiger partial charge in [0.05, 0.1) is 11.4 Å². The Balaban J connectivity index is 1.52. The molecule has 2 amide bonds. The van der Waals surface area contributed by atoms with E-state index in [1.54, 1.807) is 35.6 Å². The molecule has 1 aromatic carbocycles. The van der Waals surface area contributed by atoms with Crippen LogP contribution >= 0.6 is 22.9 Å². The van der Waals surface area contributed by atoms with Crippen LogP contribution < -0.4 is 10.6 Å². The highest BCUT2D eigenvalue weighted by Crippen LogP contribution is 2.23. The topological polar surface area (TPSA) is 59.0 Å². The molecule has 0 unspecified atom stereocenters. The molecule has 0 aliphatic heterocycles. The zero-order valence-corrected chi connectivity index (χ0v) is 14.7. The predicted octanol–water partition coefficient (Wildman–Crippen LogP) is 4.40. The van der Waals surface area contributed by atoms with E-state index >= 15 is 0 Å². The van der Waals surface area contributed by atoms with Gasteiger partial charge in [0.15, 0.2) is 0 Å². The van der Waals surface area contributed by atoms with E-state index in [1.807, 2.05) is 29.1 Å². The summed E-state index contributed by atoms with van der Waals surface area (Å²) in [5.41, 5.74) is 2.69. The second-order valence-electron chi connectivity index (χ2n) is 5.26. The van der Waals surface area contributed by atoms with Crippen molar-refractivity contribution in [1.29, 1.82) is 0 Å². The summed E-state index contributed by atoms with van der Waals surface area (Å²) < 4.78 is 1.90. The Kier molecular flexibility index (Phi) is 5.17. The number of nitrogens with zero attached hydrogens (tertiary/aromatic N) is 2. The molecule has 0 radical (unpaired) electrons. The van der Waals surface area contributed by atoms with E-state index in [2.05, 4.69) is 21.8 Å². The molecule has 0 saturated heterocycles. The van der Waals surface area contributed by atoms with Gasteiger partial charge in [0.1, 0.15) is 5.69 Å². The molecule has 0 atom stereocenters. The number of urea groups is 1. The highest BCUT2D eigenvalue weighted by molar-refractivity contribution is 7.13. The zero-order valence-electron chi connectivity index (χ0n) is 13.1. The second-order valence-corrected chi connectivity index (χ2v) is 6.65. The monoisotopic (exact) mass is 360 g/mol. The van der Waals surface area contributed by atoms with Gasteiger partial charge in [-0.3, -0.25) is 4.68 Å². The fourth-order valence-electron chi connectivity index (χ4n) is 2.30. The van der Waals surface area contributed by atoms with Crippen molar-refractivity contribution < 1.29 is 4.79 Å². The molecule has 7 heteroatoms. The number of halogens is 1. The molecule has 2 aromatic heterocycles. The lowest BCUT2D eigenvalue weighted by Crippen LogP contribution is -2.31. The largest absolute Gasteiger partial charge is 0.336 e. The first kappa shape index (κ1) is 16.5. The van der Waals surface area contributed by atoms with Crippen LogP contribution in [0.25, 0.3) is 10.6 Å². The number of thiophene rings is 1. The van der Waals surface area contributed by atoms with Gasteiger partial charge in [0, 0.05) is 22.9 Å². The van der Waals surface area contributed by atoms with E-state index in [1.165, 1.54) is 0 Å². The Morgan fingerprint density at radius 1 is 1.29 bits per heavy atom.